The molecule has 1 rings (SSSR count). The number of nitrogens with two attached hydrogens (primary N) is 1. The van der Waals surface area contributed by atoms with E-state index in [2.05, 4.69) is 15.9 Å². The topological polar surface area (TPSA) is 64.3 Å². The third-order valence-electron chi connectivity index (χ3n) is 1.97. The molecule has 0 saturated heterocycles. The van der Waals surface area contributed by atoms with Gasteiger partial charge >= 0.3 is 0 Å². The number of hydrogen-bond donors (Lipinski definition) is 2. The number of rotatable bonds is 4. The van der Waals surface area contributed by atoms with Gasteiger partial charge in [0, 0.05) is 6.07 Å². The number of benzene rings is 1. The molecule has 0 radical (unpaired) electrons. The predicted octanol–water partition coefficient (Wildman–Crippen LogP) is 1.74. The summed E-state index contributed by atoms with van der Waals surface area (Å²) in [5, 5.41) is 0. The molecule has 0 saturated carbocycles. The second-order valence-electron chi connectivity index (χ2n) is 3.10. The molecule has 1 atom stereocenters. The fraction of sp³-hybridized carbons (Fsp3) is 0.300. The molecular formula is C10H12BrFN2O2. The molecule has 0 aliphatic carbocycles. The van der Waals surface area contributed by atoms with Crippen LogP contribution in [-0.2, 0) is 4.79 Å². The Morgan fingerprint density at radius 2 is 2.38 bits per heavy atom. The van der Waals surface area contributed by atoms with Crippen molar-refractivity contribution in [2.45, 2.75) is 19.4 Å². The van der Waals surface area contributed by atoms with Gasteiger partial charge in [-0.25, -0.2) is 10.2 Å². The molecule has 6 heteroatoms. The molecule has 0 heterocycles. The van der Waals surface area contributed by atoms with E-state index in [-0.39, 0.29) is 5.75 Å². The summed E-state index contributed by atoms with van der Waals surface area (Å²) < 4.78 is 18.9. The first-order chi connectivity index (χ1) is 7.58. The lowest BCUT2D eigenvalue weighted by Gasteiger charge is -2.16. The van der Waals surface area contributed by atoms with Crippen LogP contribution in [0.5, 0.6) is 5.75 Å². The second kappa shape index (κ2) is 5.81. The Morgan fingerprint density at radius 1 is 1.69 bits per heavy atom. The third kappa shape index (κ3) is 3.18. The average Bonchev–Trinajstić information content (AvgIpc) is 2.29. The summed E-state index contributed by atoms with van der Waals surface area (Å²) in [6.07, 6.45) is -0.297. The van der Waals surface area contributed by atoms with E-state index in [1.807, 2.05) is 5.43 Å². The van der Waals surface area contributed by atoms with Gasteiger partial charge in [0.1, 0.15) is 11.6 Å². The van der Waals surface area contributed by atoms with E-state index >= 15 is 0 Å². The van der Waals surface area contributed by atoms with Crippen LogP contribution in [0.15, 0.2) is 22.7 Å². The van der Waals surface area contributed by atoms with Gasteiger partial charge in [0.15, 0.2) is 6.10 Å². The van der Waals surface area contributed by atoms with E-state index in [0.717, 1.165) is 0 Å². The SMILES string of the molecule is CCC(Oc1cc(F)ccc1Br)C(=O)NN. The molecule has 88 valence electrons. The zero-order valence-electron chi connectivity index (χ0n) is 8.67. The number of amides is 1. The second-order valence-corrected chi connectivity index (χ2v) is 3.95. The quantitative estimate of drug-likeness (QED) is 0.504. The highest BCUT2D eigenvalue weighted by atomic mass is 79.9. The summed E-state index contributed by atoms with van der Waals surface area (Å²) >= 11 is 3.20. The van der Waals surface area contributed by atoms with Crippen LogP contribution < -0.4 is 16.0 Å². The molecule has 0 fully saturated rings. The maximum absolute atomic E-state index is 13.0. The lowest BCUT2D eigenvalue weighted by atomic mass is 10.2. The predicted molar refractivity (Wildman–Crippen MR) is 61.1 cm³/mol. The van der Waals surface area contributed by atoms with E-state index in [4.69, 9.17) is 10.6 Å². The molecule has 1 aromatic rings. The molecule has 1 aromatic carbocycles. The van der Waals surface area contributed by atoms with Crippen molar-refractivity contribution >= 4 is 21.8 Å². The van der Waals surface area contributed by atoms with Gasteiger partial charge in [-0.1, -0.05) is 6.92 Å². The van der Waals surface area contributed by atoms with Gasteiger partial charge < -0.3 is 4.74 Å². The molecular weight excluding hydrogens is 279 g/mol. The van der Waals surface area contributed by atoms with Crippen molar-refractivity contribution in [1.29, 1.82) is 0 Å². The van der Waals surface area contributed by atoms with Crippen molar-refractivity contribution in [2.24, 2.45) is 5.84 Å². The minimum absolute atomic E-state index is 0.274. The first kappa shape index (κ1) is 12.9. The number of hydrazine groups is 1. The van der Waals surface area contributed by atoms with Crippen molar-refractivity contribution in [1.82, 2.24) is 5.43 Å². The summed E-state index contributed by atoms with van der Waals surface area (Å²) in [6, 6.07) is 4.01. The standard InChI is InChI=1S/C10H12BrFN2O2/c1-2-8(10(15)14-13)16-9-5-6(12)3-4-7(9)11/h3-5,8H,2,13H2,1H3,(H,14,15). The zero-order valence-corrected chi connectivity index (χ0v) is 10.3. The smallest absolute Gasteiger partial charge is 0.274 e. The maximum Gasteiger partial charge on any atom is 0.274 e. The number of ether oxygens (including phenoxy) is 1. The number of hydrogen-bond acceptors (Lipinski definition) is 3. The molecule has 4 nitrogen and oxygen atoms in total. The Hall–Kier alpha value is -1.14. The lowest BCUT2D eigenvalue weighted by Crippen LogP contribution is -2.41. The Balaban J connectivity index is 2.85. The lowest BCUT2D eigenvalue weighted by molar-refractivity contribution is -0.128. The van der Waals surface area contributed by atoms with E-state index in [9.17, 15) is 9.18 Å². The highest BCUT2D eigenvalue weighted by Gasteiger charge is 2.18. The molecule has 16 heavy (non-hydrogen) atoms. The fourth-order valence-electron chi connectivity index (χ4n) is 1.14. The van der Waals surface area contributed by atoms with Gasteiger partial charge in [-0.3, -0.25) is 10.2 Å². The van der Waals surface area contributed by atoms with E-state index in [1.54, 1.807) is 6.92 Å². The van der Waals surface area contributed by atoms with Gasteiger partial charge in [0.2, 0.25) is 0 Å². The third-order valence-corrected chi connectivity index (χ3v) is 2.62. The first-order valence-electron chi connectivity index (χ1n) is 4.70. The summed E-state index contributed by atoms with van der Waals surface area (Å²) in [5.74, 6) is 4.40. The largest absolute Gasteiger partial charge is 0.479 e. The summed E-state index contributed by atoms with van der Waals surface area (Å²) in [7, 11) is 0. The van der Waals surface area contributed by atoms with Crippen molar-refractivity contribution < 1.29 is 13.9 Å². The van der Waals surface area contributed by atoms with Gasteiger partial charge in [0.25, 0.3) is 5.91 Å². The van der Waals surface area contributed by atoms with Crippen molar-refractivity contribution in [3.8, 4) is 5.75 Å². The van der Waals surface area contributed by atoms with Gasteiger partial charge in [-0.15, -0.1) is 0 Å². The monoisotopic (exact) mass is 290 g/mol. The number of carbonyl (C=O) groups is 1. The van der Waals surface area contributed by atoms with Crippen LogP contribution in [0.1, 0.15) is 13.3 Å². The van der Waals surface area contributed by atoms with Crippen LogP contribution in [-0.4, -0.2) is 12.0 Å². The van der Waals surface area contributed by atoms with Crippen LogP contribution in [0.2, 0.25) is 0 Å². The highest BCUT2D eigenvalue weighted by molar-refractivity contribution is 9.10. The van der Waals surface area contributed by atoms with Crippen molar-refractivity contribution in [3.63, 3.8) is 0 Å². The molecule has 0 aliphatic heterocycles. The van der Waals surface area contributed by atoms with E-state index < -0.39 is 17.8 Å². The fourth-order valence-corrected chi connectivity index (χ4v) is 1.48. The molecule has 0 bridgehead atoms. The molecule has 1 unspecified atom stereocenters. The summed E-state index contributed by atoms with van der Waals surface area (Å²) in [6.45, 7) is 1.77. The van der Waals surface area contributed by atoms with E-state index in [0.29, 0.717) is 10.9 Å². The number of carbonyl (C=O) groups excluding carboxylic acids is 1. The summed E-state index contributed by atoms with van der Waals surface area (Å²) in [4.78, 5) is 11.3. The van der Waals surface area contributed by atoms with Crippen LogP contribution >= 0.6 is 15.9 Å². The van der Waals surface area contributed by atoms with Crippen LogP contribution in [0.3, 0.4) is 0 Å². The van der Waals surface area contributed by atoms with Gasteiger partial charge in [-0.05, 0) is 34.5 Å². The minimum atomic E-state index is -0.733. The average molecular weight is 291 g/mol. The Kier molecular flexibility index (Phi) is 4.70. The first-order valence-corrected chi connectivity index (χ1v) is 5.50. The van der Waals surface area contributed by atoms with Crippen molar-refractivity contribution in [3.05, 3.63) is 28.5 Å². The molecule has 1 amide bonds. The maximum atomic E-state index is 13.0. The number of nitrogens with one attached hydrogen (secondary N) is 1. The minimum Gasteiger partial charge on any atom is -0.479 e. The van der Waals surface area contributed by atoms with E-state index in [1.165, 1.54) is 18.2 Å². The summed E-state index contributed by atoms with van der Waals surface area (Å²) in [5.41, 5.74) is 2.00. The van der Waals surface area contributed by atoms with Crippen LogP contribution in [0.25, 0.3) is 0 Å². The molecule has 0 aromatic heterocycles. The molecule has 0 aliphatic rings. The van der Waals surface area contributed by atoms with Crippen LogP contribution in [0.4, 0.5) is 4.39 Å². The van der Waals surface area contributed by atoms with Gasteiger partial charge in [0.05, 0.1) is 4.47 Å². The Labute approximate surface area is 101 Å². The zero-order chi connectivity index (χ0) is 12.1. The Bertz CT molecular complexity index is 387. The Morgan fingerprint density at radius 3 is 2.94 bits per heavy atom. The molecule has 0 spiro atoms. The van der Waals surface area contributed by atoms with Gasteiger partial charge in [-0.2, -0.15) is 0 Å². The highest BCUT2D eigenvalue weighted by Crippen LogP contribution is 2.26. The number of halogens is 2. The van der Waals surface area contributed by atoms with Crippen molar-refractivity contribution in [2.75, 3.05) is 0 Å². The normalized spacial score (nSPS) is 12.0. The van der Waals surface area contributed by atoms with Crippen LogP contribution in [0, 0.1) is 5.82 Å². The molecule has 3 N–H and O–H groups in total.